The standard InChI is InChI=1S/C37H36NO6/c1-26-14-16-28(17-15-26)29-18-20-32(21-19-29)36(40)42-34(30-10-6-4-7-11-30)35(31-12-8-5-9-13-31)44-38(41)33-22-24-37(3,25-23-33)43-27(2)39/h4-24,27,34-35,39H,25H2,1-3H3/q-1/t27?,34-,35-,37?/m1/s1. The van der Waals surface area contributed by atoms with Crippen molar-refractivity contribution in [3.8, 4) is 11.1 Å². The molecule has 5 rings (SSSR count). The van der Waals surface area contributed by atoms with E-state index in [1.807, 2.05) is 111 Å². The molecule has 1 N–H and O–H groups in total. The summed E-state index contributed by atoms with van der Waals surface area (Å²) in [6, 6.07) is 33.9. The molecule has 0 aromatic heterocycles. The van der Waals surface area contributed by atoms with Crippen LogP contribution in [-0.4, -0.2) is 28.2 Å². The van der Waals surface area contributed by atoms with E-state index in [2.05, 4.69) is 0 Å². The highest BCUT2D eigenvalue weighted by Gasteiger charge is 2.32. The van der Waals surface area contributed by atoms with Gasteiger partial charge in [-0.2, -0.15) is 0 Å². The van der Waals surface area contributed by atoms with Crippen LogP contribution in [0.1, 0.15) is 59.5 Å². The van der Waals surface area contributed by atoms with E-state index in [1.165, 1.54) is 12.5 Å². The smallest absolute Gasteiger partial charge is 0.338 e. The summed E-state index contributed by atoms with van der Waals surface area (Å²) >= 11 is 0. The summed E-state index contributed by atoms with van der Waals surface area (Å²) in [6.07, 6.45) is 2.49. The van der Waals surface area contributed by atoms with Crippen LogP contribution >= 0.6 is 0 Å². The Labute approximate surface area is 258 Å². The van der Waals surface area contributed by atoms with Crippen LogP contribution in [0.15, 0.2) is 133 Å². The third kappa shape index (κ3) is 7.70. The van der Waals surface area contributed by atoms with Crippen LogP contribution in [0.3, 0.4) is 0 Å². The number of benzene rings is 4. The minimum atomic E-state index is -0.969. The molecule has 226 valence electrons. The predicted octanol–water partition coefficient (Wildman–Crippen LogP) is 7.99. The average molecular weight is 591 g/mol. The maximum atomic E-state index is 13.6. The molecule has 0 saturated heterocycles. The maximum absolute atomic E-state index is 13.6. The summed E-state index contributed by atoms with van der Waals surface area (Å²) < 4.78 is 11.7. The molecule has 0 amide bonds. The molecule has 2 unspecified atom stereocenters. The number of aliphatic hydroxyl groups excluding tert-OH is 1. The Kier molecular flexibility index (Phi) is 9.72. The van der Waals surface area contributed by atoms with Crippen molar-refractivity contribution in [2.45, 2.75) is 51.3 Å². The molecular formula is C37H36NO6-. The molecule has 0 aliphatic heterocycles. The van der Waals surface area contributed by atoms with E-state index in [4.69, 9.17) is 14.3 Å². The van der Waals surface area contributed by atoms with Gasteiger partial charge >= 0.3 is 5.97 Å². The Hall–Kier alpha value is -4.53. The first-order valence-corrected chi connectivity index (χ1v) is 14.6. The molecule has 7 heteroatoms. The molecule has 44 heavy (non-hydrogen) atoms. The Bertz CT molecular complexity index is 1580. The van der Waals surface area contributed by atoms with Crippen LogP contribution < -0.4 is 0 Å². The quantitative estimate of drug-likeness (QED) is 0.108. The fourth-order valence-corrected chi connectivity index (χ4v) is 5.09. The SMILES string of the molecule is Cc1ccc(-c2ccc(C(=O)O[C@H](c3ccccc3)[C@H](ON([O-])C3=CCC(C)(OC(C)O)C=C3)c3ccccc3)cc2)cc1. The number of aliphatic hydroxyl groups is 1. The van der Waals surface area contributed by atoms with E-state index in [9.17, 15) is 15.1 Å². The van der Waals surface area contributed by atoms with Gasteiger partial charge in [-0.25, -0.2) is 4.79 Å². The summed E-state index contributed by atoms with van der Waals surface area (Å²) in [5.74, 6) is -0.542. The molecule has 0 fully saturated rings. The van der Waals surface area contributed by atoms with Crippen LogP contribution in [0.4, 0.5) is 0 Å². The summed E-state index contributed by atoms with van der Waals surface area (Å²) in [5, 5.41) is 23.6. The van der Waals surface area contributed by atoms with Crippen molar-refractivity contribution in [2.75, 3.05) is 0 Å². The second-order valence-electron chi connectivity index (χ2n) is 11.1. The molecule has 0 heterocycles. The van der Waals surface area contributed by atoms with Crippen LogP contribution in [0.2, 0.25) is 0 Å². The van der Waals surface area contributed by atoms with Crippen LogP contribution in [0.5, 0.6) is 0 Å². The monoisotopic (exact) mass is 590 g/mol. The number of hydrogen-bond donors (Lipinski definition) is 1. The summed E-state index contributed by atoms with van der Waals surface area (Å²) in [7, 11) is 0. The van der Waals surface area contributed by atoms with Gasteiger partial charge in [0, 0.05) is 12.1 Å². The second kappa shape index (κ2) is 13.8. The van der Waals surface area contributed by atoms with Crippen molar-refractivity contribution in [3.63, 3.8) is 0 Å². The van der Waals surface area contributed by atoms with Crippen molar-refractivity contribution in [2.24, 2.45) is 0 Å². The Balaban J connectivity index is 1.41. The van der Waals surface area contributed by atoms with Crippen molar-refractivity contribution < 1.29 is 24.2 Å². The zero-order chi connectivity index (χ0) is 31.1. The van der Waals surface area contributed by atoms with E-state index in [-0.39, 0.29) is 5.70 Å². The van der Waals surface area contributed by atoms with Crippen LogP contribution in [0.25, 0.3) is 11.1 Å². The number of hydroxylamine groups is 2. The van der Waals surface area contributed by atoms with Gasteiger partial charge in [0.2, 0.25) is 0 Å². The molecule has 4 aromatic rings. The molecule has 0 radical (unpaired) electrons. The molecule has 0 spiro atoms. The minimum Gasteiger partial charge on any atom is -0.733 e. The van der Waals surface area contributed by atoms with Gasteiger partial charge < -0.3 is 25.0 Å². The molecular weight excluding hydrogens is 554 g/mol. The minimum absolute atomic E-state index is 0.266. The second-order valence-corrected chi connectivity index (χ2v) is 11.1. The van der Waals surface area contributed by atoms with E-state index in [1.54, 1.807) is 30.4 Å². The van der Waals surface area contributed by atoms with Crippen molar-refractivity contribution in [1.82, 2.24) is 5.23 Å². The van der Waals surface area contributed by atoms with E-state index in [0.29, 0.717) is 28.3 Å². The van der Waals surface area contributed by atoms with E-state index in [0.717, 1.165) is 11.1 Å². The molecule has 0 bridgehead atoms. The predicted molar refractivity (Wildman–Crippen MR) is 170 cm³/mol. The molecule has 7 nitrogen and oxygen atoms in total. The van der Waals surface area contributed by atoms with E-state index >= 15 is 0 Å². The van der Waals surface area contributed by atoms with Crippen molar-refractivity contribution >= 4 is 5.97 Å². The highest BCUT2D eigenvalue weighted by Crippen LogP contribution is 2.38. The van der Waals surface area contributed by atoms with Gasteiger partial charge in [0.1, 0.15) is 0 Å². The topological polar surface area (TPSA) is 91.3 Å². The lowest BCUT2D eigenvalue weighted by molar-refractivity contribution is -0.181. The first-order chi connectivity index (χ1) is 21.2. The van der Waals surface area contributed by atoms with Crippen molar-refractivity contribution in [1.29, 1.82) is 0 Å². The normalized spacial score (nSPS) is 18.2. The molecule has 4 aromatic carbocycles. The summed E-state index contributed by atoms with van der Waals surface area (Å²) in [4.78, 5) is 19.6. The maximum Gasteiger partial charge on any atom is 0.338 e. The van der Waals surface area contributed by atoms with Gasteiger partial charge in [0.05, 0.1) is 11.2 Å². The largest absolute Gasteiger partial charge is 0.733 e. The number of aryl methyl sites for hydroxylation is 1. The van der Waals surface area contributed by atoms with Gasteiger partial charge in [-0.15, -0.1) is 0 Å². The van der Waals surface area contributed by atoms with Crippen LogP contribution in [-0.2, 0) is 14.3 Å². The van der Waals surface area contributed by atoms with Crippen molar-refractivity contribution in [3.05, 3.63) is 161 Å². The van der Waals surface area contributed by atoms with E-state index < -0.39 is 30.1 Å². The van der Waals surface area contributed by atoms with Gasteiger partial charge in [-0.3, -0.25) is 4.84 Å². The Morgan fingerprint density at radius 3 is 1.91 bits per heavy atom. The van der Waals surface area contributed by atoms with Crippen LogP contribution in [0, 0.1) is 12.1 Å². The third-order valence-electron chi connectivity index (χ3n) is 7.45. The lowest BCUT2D eigenvalue weighted by Crippen LogP contribution is -2.33. The molecule has 1 aliphatic rings. The lowest BCUT2D eigenvalue weighted by atomic mass is 9.96. The number of carbonyl (C=O) groups is 1. The van der Waals surface area contributed by atoms with Gasteiger partial charge in [0.25, 0.3) is 0 Å². The molecule has 4 atom stereocenters. The lowest BCUT2D eigenvalue weighted by Gasteiger charge is -2.39. The molecule has 1 aliphatic carbocycles. The fraction of sp³-hybridized carbons (Fsp3) is 0.216. The zero-order valence-corrected chi connectivity index (χ0v) is 25.0. The summed E-state index contributed by atoms with van der Waals surface area (Å²) in [6.45, 7) is 5.40. The number of esters is 1. The zero-order valence-electron chi connectivity index (χ0n) is 25.0. The number of hydrogen-bond acceptors (Lipinski definition) is 7. The number of nitrogens with zero attached hydrogens (tertiary/aromatic N) is 1. The number of allylic oxidation sites excluding steroid dienone is 1. The average Bonchev–Trinajstić information content (AvgIpc) is 3.03. The highest BCUT2D eigenvalue weighted by molar-refractivity contribution is 5.90. The van der Waals surface area contributed by atoms with Gasteiger partial charge in [-0.1, -0.05) is 115 Å². The first-order valence-electron chi connectivity index (χ1n) is 14.6. The summed E-state index contributed by atoms with van der Waals surface area (Å²) in [5.41, 5.74) is 4.43. The Morgan fingerprint density at radius 1 is 0.841 bits per heavy atom. The Morgan fingerprint density at radius 2 is 1.39 bits per heavy atom. The fourth-order valence-electron chi connectivity index (χ4n) is 5.09. The van der Waals surface area contributed by atoms with Gasteiger partial charge in [-0.05, 0) is 61.2 Å². The first kappa shape index (κ1) is 30.9. The number of ether oxygens (including phenoxy) is 2. The highest BCUT2D eigenvalue weighted by atomic mass is 16.9. The van der Waals surface area contributed by atoms with Gasteiger partial charge in [0.15, 0.2) is 18.5 Å². The number of rotatable bonds is 11. The molecule has 0 saturated carbocycles. The third-order valence-corrected chi connectivity index (χ3v) is 7.45. The number of carbonyl (C=O) groups excluding carboxylic acids is 1.